The minimum absolute atomic E-state index is 0.0998. The van der Waals surface area contributed by atoms with Crippen molar-refractivity contribution in [1.29, 1.82) is 0 Å². The molecule has 0 bridgehead atoms. The number of nitrogens with one attached hydrogen (secondary N) is 1. The van der Waals surface area contributed by atoms with Gasteiger partial charge in [0.2, 0.25) is 0 Å². The molecular weight excluding hydrogens is 176 g/mol. The van der Waals surface area contributed by atoms with Gasteiger partial charge in [-0.05, 0) is 32.5 Å². The van der Waals surface area contributed by atoms with Crippen molar-refractivity contribution in [2.75, 3.05) is 19.6 Å². The molecule has 0 rings (SSSR count). The van der Waals surface area contributed by atoms with Crippen molar-refractivity contribution < 1.29 is 14.4 Å². The second-order valence-corrected chi connectivity index (χ2v) is 4.82. The minimum Gasteiger partial charge on any atom is -0.390 e. The van der Waals surface area contributed by atoms with Gasteiger partial charge in [0.05, 0.1) is 0 Å². The number of hydrogen-bond acceptors (Lipinski definition) is 5. The van der Waals surface area contributed by atoms with Crippen LogP contribution in [0.25, 0.3) is 0 Å². The lowest BCUT2D eigenvalue weighted by molar-refractivity contribution is 0.226. The Morgan fingerprint density at radius 2 is 1.67 bits per heavy atom. The summed E-state index contributed by atoms with van der Waals surface area (Å²) in [6, 6.07) is 0.0998. The second kappa shape index (κ2) is 6.52. The molecule has 0 aromatic rings. The van der Waals surface area contributed by atoms with Crippen molar-refractivity contribution in [1.82, 2.24) is 5.32 Å². The van der Waals surface area contributed by atoms with Crippen LogP contribution in [0, 0.1) is 0 Å². The van der Waals surface area contributed by atoms with Gasteiger partial charge >= 0.3 is 8.80 Å². The van der Waals surface area contributed by atoms with Crippen LogP contribution in [0.2, 0.25) is 6.04 Å². The molecule has 0 aliphatic carbocycles. The van der Waals surface area contributed by atoms with Gasteiger partial charge in [0.15, 0.2) is 0 Å². The lowest BCUT2D eigenvalue weighted by Crippen LogP contribution is -2.35. The molecule has 0 radical (unpaired) electrons. The topological polar surface area (TPSA) is 98.7 Å². The smallest absolute Gasteiger partial charge is 0.390 e. The molecule has 0 aromatic carbocycles. The third-order valence-electron chi connectivity index (χ3n) is 1.42. The van der Waals surface area contributed by atoms with Gasteiger partial charge in [0, 0.05) is 6.04 Å². The summed E-state index contributed by atoms with van der Waals surface area (Å²) in [5.74, 6) is 0. The van der Waals surface area contributed by atoms with Gasteiger partial charge in [-0.1, -0.05) is 0 Å². The molecule has 0 amide bonds. The quantitative estimate of drug-likeness (QED) is 0.244. The first-order valence-corrected chi connectivity index (χ1v) is 6.19. The second-order valence-electron chi connectivity index (χ2n) is 2.77. The van der Waals surface area contributed by atoms with Crippen LogP contribution < -0.4 is 11.1 Å². The Morgan fingerprint density at radius 1 is 1.08 bits per heavy atom. The van der Waals surface area contributed by atoms with Crippen LogP contribution in [0.1, 0.15) is 12.8 Å². The molecule has 0 aliphatic heterocycles. The standard InChI is InChI=1S/C6H18N2O3Si/c7-3-1-4-8-5-2-6-12(9,10)11/h8-11H,1-7H2. The van der Waals surface area contributed by atoms with Gasteiger partial charge < -0.3 is 25.4 Å². The van der Waals surface area contributed by atoms with Crippen LogP contribution in [0.3, 0.4) is 0 Å². The predicted octanol–water partition coefficient (Wildman–Crippen LogP) is -1.77. The van der Waals surface area contributed by atoms with Crippen molar-refractivity contribution in [3.8, 4) is 0 Å². The predicted molar refractivity (Wildman–Crippen MR) is 48.4 cm³/mol. The van der Waals surface area contributed by atoms with Crippen molar-refractivity contribution >= 4 is 8.80 Å². The van der Waals surface area contributed by atoms with E-state index in [1.165, 1.54) is 0 Å². The van der Waals surface area contributed by atoms with Crippen molar-refractivity contribution in [2.45, 2.75) is 18.9 Å². The monoisotopic (exact) mass is 194 g/mol. The molecule has 0 saturated carbocycles. The third-order valence-corrected chi connectivity index (χ3v) is 2.45. The molecular formula is C6H18N2O3Si. The molecule has 0 fully saturated rings. The zero-order chi connectivity index (χ0) is 9.45. The van der Waals surface area contributed by atoms with Gasteiger partial charge in [-0.3, -0.25) is 0 Å². The summed E-state index contributed by atoms with van der Waals surface area (Å²) >= 11 is 0. The van der Waals surface area contributed by atoms with Crippen LogP contribution >= 0.6 is 0 Å². The van der Waals surface area contributed by atoms with E-state index in [0.29, 0.717) is 19.5 Å². The maximum atomic E-state index is 8.62. The lowest BCUT2D eigenvalue weighted by atomic mass is 10.4. The molecule has 0 spiro atoms. The summed E-state index contributed by atoms with van der Waals surface area (Å²) < 4.78 is 0. The lowest BCUT2D eigenvalue weighted by Gasteiger charge is -2.08. The Hall–Kier alpha value is 0.0169. The Balaban J connectivity index is 3.01. The molecule has 6 N–H and O–H groups in total. The summed E-state index contributed by atoms with van der Waals surface area (Å²) in [7, 11) is -3.79. The van der Waals surface area contributed by atoms with E-state index in [4.69, 9.17) is 20.1 Å². The Kier molecular flexibility index (Phi) is 6.53. The molecule has 6 heteroatoms. The first-order chi connectivity index (χ1) is 5.56. The summed E-state index contributed by atoms with van der Waals surface area (Å²) in [6.07, 6.45) is 1.50. The highest BCUT2D eigenvalue weighted by atomic mass is 28.4. The fraction of sp³-hybridized carbons (Fsp3) is 1.00. The van der Waals surface area contributed by atoms with Crippen LogP contribution in [0.5, 0.6) is 0 Å². The zero-order valence-electron chi connectivity index (χ0n) is 7.16. The van der Waals surface area contributed by atoms with E-state index >= 15 is 0 Å². The fourth-order valence-electron chi connectivity index (χ4n) is 0.803. The molecule has 0 aliphatic rings. The number of nitrogens with two attached hydrogens (primary N) is 1. The van der Waals surface area contributed by atoms with Crippen LogP contribution in [-0.4, -0.2) is 42.8 Å². The van der Waals surface area contributed by atoms with Crippen LogP contribution in [0.4, 0.5) is 0 Å². The highest BCUT2D eigenvalue weighted by molar-refractivity contribution is 6.56. The highest BCUT2D eigenvalue weighted by Gasteiger charge is 2.25. The molecule has 0 heterocycles. The highest BCUT2D eigenvalue weighted by Crippen LogP contribution is 1.99. The normalized spacial score (nSPS) is 12.0. The maximum absolute atomic E-state index is 8.62. The average molecular weight is 194 g/mol. The first-order valence-electron chi connectivity index (χ1n) is 4.14. The van der Waals surface area contributed by atoms with E-state index < -0.39 is 8.80 Å². The SMILES string of the molecule is NCCCNCCC[Si](O)(O)O. The van der Waals surface area contributed by atoms with E-state index in [2.05, 4.69) is 5.32 Å². The van der Waals surface area contributed by atoms with E-state index in [1.807, 2.05) is 0 Å². The fourth-order valence-corrected chi connectivity index (χ4v) is 1.45. The Morgan fingerprint density at radius 3 is 2.17 bits per heavy atom. The van der Waals surface area contributed by atoms with Gasteiger partial charge in [0.25, 0.3) is 0 Å². The van der Waals surface area contributed by atoms with Crippen molar-refractivity contribution in [3.63, 3.8) is 0 Å². The molecule has 0 saturated heterocycles. The molecule has 5 nitrogen and oxygen atoms in total. The molecule has 12 heavy (non-hydrogen) atoms. The van der Waals surface area contributed by atoms with Crippen LogP contribution in [-0.2, 0) is 0 Å². The maximum Gasteiger partial charge on any atom is 0.492 e. The van der Waals surface area contributed by atoms with Gasteiger partial charge in [-0.2, -0.15) is 0 Å². The zero-order valence-corrected chi connectivity index (χ0v) is 8.16. The molecule has 0 aromatic heterocycles. The molecule has 74 valence electrons. The minimum atomic E-state index is -3.79. The average Bonchev–Trinajstić information content (AvgIpc) is 1.94. The third kappa shape index (κ3) is 10.0. The van der Waals surface area contributed by atoms with Gasteiger partial charge in [0.1, 0.15) is 0 Å². The van der Waals surface area contributed by atoms with Gasteiger partial charge in [-0.15, -0.1) is 0 Å². The molecule has 0 unspecified atom stereocenters. The van der Waals surface area contributed by atoms with E-state index in [9.17, 15) is 0 Å². The van der Waals surface area contributed by atoms with Crippen molar-refractivity contribution in [3.05, 3.63) is 0 Å². The number of hydrogen-bond donors (Lipinski definition) is 5. The Bertz CT molecular complexity index is 107. The Labute approximate surface area is 73.6 Å². The van der Waals surface area contributed by atoms with Crippen LogP contribution in [0.15, 0.2) is 0 Å². The van der Waals surface area contributed by atoms with Crippen molar-refractivity contribution in [2.24, 2.45) is 5.73 Å². The summed E-state index contributed by atoms with van der Waals surface area (Å²) in [5, 5.41) is 3.07. The van der Waals surface area contributed by atoms with Gasteiger partial charge in [-0.25, -0.2) is 0 Å². The van der Waals surface area contributed by atoms with E-state index in [-0.39, 0.29) is 6.04 Å². The summed E-state index contributed by atoms with van der Waals surface area (Å²) in [6.45, 7) is 2.19. The summed E-state index contributed by atoms with van der Waals surface area (Å²) in [5.41, 5.74) is 5.26. The molecule has 0 atom stereocenters. The van der Waals surface area contributed by atoms with E-state index in [1.54, 1.807) is 0 Å². The number of rotatable bonds is 7. The first kappa shape index (κ1) is 12.0. The van der Waals surface area contributed by atoms with E-state index in [0.717, 1.165) is 13.0 Å². The summed E-state index contributed by atoms with van der Waals surface area (Å²) in [4.78, 5) is 25.9. The largest absolute Gasteiger partial charge is 0.492 e.